The van der Waals surface area contributed by atoms with Crippen LogP contribution >= 0.6 is 0 Å². The molecule has 1 aromatic carbocycles. The summed E-state index contributed by atoms with van der Waals surface area (Å²) in [5.41, 5.74) is 5.53. The summed E-state index contributed by atoms with van der Waals surface area (Å²) in [6, 6.07) is 3.69. The minimum Gasteiger partial charge on any atom is -0.326 e. The van der Waals surface area contributed by atoms with Crippen molar-refractivity contribution in [3.05, 3.63) is 29.6 Å². The van der Waals surface area contributed by atoms with Gasteiger partial charge in [0.25, 0.3) is 0 Å². The Balaban J connectivity index is 2.31. The van der Waals surface area contributed by atoms with Crippen LogP contribution in [0.4, 0.5) is 4.39 Å². The molecule has 0 heterocycles. The van der Waals surface area contributed by atoms with E-state index in [1.165, 1.54) is 12.1 Å². The van der Waals surface area contributed by atoms with Gasteiger partial charge in [0.15, 0.2) is 0 Å². The van der Waals surface area contributed by atoms with Crippen LogP contribution in [0.2, 0.25) is 0 Å². The number of benzene rings is 1. The van der Waals surface area contributed by atoms with Crippen LogP contribution in [0.15, 0.2) is 23.1 Å². The average molecular weight is 244 g/mol. The molecule has 0 spiro atoms. The van der Waals surface area contributed by atoms with Gasteiger partial charge < -0.3 is 5.73 Å². The van der Waals surface area contributed by atoms with Gasteiger partial charge >= 0.3 is 0 Å². The maximum absolute atomic E-state index is 13.1. The van der Waals surface area contributed by atoms with Crippen LogP contribution in [-0.4, -0.2) is 14.5 Å². The first-order chi connectivity index (χ1) is 7.53. The minimum absolute atomic E-state index is 0.0153. The fourth-order valence-electron chi connectivity index (χ4n) is 1.36. The number of sulfonamides is 1. The second-order valence-corrected chi connectivity index (χ2v) is 5.57. The number of nitrogens with one attached hydrogen (secondary N) is 1. The first-order valence-corrected chi connectivity index (χ1v) is 6.52. The Morgan fingerprint density at radius 1 is 1.44 bits per heavy atom. The monoisotopic (exact) mass is 244 g/mol. The Labute approximate surface area is 93.7 Å². The van der Waals surface area contributed by atoms with E-state index in [-0.39, 0.29) is 23.0 Å². The van der Waals surface area contributed by atoms with Crippen LogP contribution in [0, 0.1) is 5.82 Å². The first-order valence-electron chi connectivity index (χ1n) is 5.04. The summed E-state index contributed by atoms with van der Waals surface area (Å²) < 4.78 is 39.2. The maximum atomic E-state index is 13.1. The second kappa shape index (κ2) is 4.12. The lowest BCUT2D eigenvalue weighted by molar-refractivity contribution is 0.579. The normalized spacial score (nSPS) is 16.4. The van der Waals surface area contributed by atoms with Crippen LogP contribution < -0.4 is 10.5 Å². The lowest BCUT2D eigenvalue weighted by Gasteiger charge is -2.07. The van der Waals surface area contributed by atoms with Gasteiger partial charge in [-0.25, -0.2) is 17.5 Å². The Bertz CT molecular complexity index is 498. The third-order valence-electron chi connectivity index (χ3n) is 2.45. The van der Waals surface area contributed by atoms with E-state index >= 15 is 0 Å². The van der Waals surface area contributed by atoms with Gasteiger partial charge in [-0.05, 0) is 31.0 Å². The molecule has 0 aliphatic heterocycles. The van der Waals surface area contributed by atoms with Crippen LogP contribution in [0.25, 0.3) is 0 Å². The zero-order valence-corrected chi connectivity index (χ0v) is 9.43. The molecule has 6 heteroatoms. The van der Waals surface area contributed by atoms with Crippen molar-refractivity contribution >= 4 is 10.0 Å². The van der Waals surface area contributed by atoms with Crippen LogP contribution in [0.3, 0.4) is 0 Å². The largest absolute Gasteiger partial charge is 0.326 e. The van der Waals surface area contributed by atoms with E-state index in [0.29, 0.717) is 0 Å². The molecule has 3 N–H and O–H groups in total. The number of rotatable bonds is 4. The molecule has 88 valence electrons. The molecule has 0 radical (unpaired) electrons. The average Bonchev–Trinajstić information content (AvgIpc) is 3.01. The summed E-state index contributed by atoms with van der Waals surface area (Å²) in [4.78, 5) is 0.0706. The van der Waals surface area contributed by atoms with Crippen LogP contribution in [-0.2, 0) is 16.6 Å². The van der Waals surface area contributed by atoms with Gasteiger partial charge in [0.05, 0.1) is 4.90 Å². The molecular weight excluding hydrogens is 231 g/mol. The van der Waals surface area contributed by atoms with Crippen molar-refractivity contribution in [1.29, 1.82) is 0 Å². The van der Waals surface area contributed by atoms with E-state index < -0.39 is 15.8 Å². The molecule has 4 nitrogen and oxygen atoms in total. The Morgan fingerprint density at radius 2 is 2.12 bits per heavy atom. The quantitative estimate of drug-likeness (QED) is 0.820. The molecule has 1 aromatic rings. The highest BCUT2D eigenvalue weighted by molar-refractivity contribution is 7.89. The smallest absolute Gasteiger partial charge is 0.240 e. The molecule has 0 bridgehead atoms. The van der Waals surface area contributed by atoms with Crippen molar-refractivity contribution in [2.45, 2.75) is 30.3 Å². The lowest BCUT2D eigenvalue weighted by Crippen LogP contribution is -2.25. The van der Waals surface area contributed by atoms with Crippen LogP contribution in [0.5, 0.6) is 0 Å². The topological polar surface area (TPSA) is 72.2 Å². The highest BCUT2D eigenvalue weighted by atomic mass is 32.2. The van der Waals surface area contributed by atoms with Crippen molar-refractivity contribution < 1.29 is 12.8 Å². The summed E-state index contributed by atoms with van der Waals surface area (Å²) in [5.74, 6) is -0.479. The van der Waals surface area contributed by atoms with Crippen molar-refractivity contribution in [2.24, 2.45) is 5.73 Å². The summed E-state index contributed by atoms with van der Waals surface area (Å²) in [7, 11) is -3.52. The Kier molecular flexibility index (Phi) is 2.96. The summed E-state index contributed by atoms with van der Waals surface area (Å²) in [6.45, 7) is -0.0153. The van der Waals surface area contributed by atoms with Gasteiger partial charge in [-0.1, -0.05) is 0 Å². The van der Waals surface area contributed by atoms with Crippen molar-refractivity contribution in [2.75, 3.05) is 0 Å². The predicted octanol–water partition coefficient (Wildman–Crippen LogP) is 0.725. The molecule has 1 aliphatic carbocycles. The molecule has 1 fully saturated rings. The van der Waals surface area contributed by atoms with E-state index in [1.54, 1.807) is 0 Å². The molecule has 0 amide bonds. The van der Waals surface area contributed by atoms with Gasteiger partial charge in [-0.2, -0.15) is 0 Å². The molecule has 0 atom stereocenters. The summed E-state index contributed by atoms with van der Waals surface area (Å²) in [6.07, 6.45) is 1.73. The summed E-state index contributed by atoms with van der Waals surface area (Å²) >= 11 is 0. The zero-order valence-electron chi connectivity index (χ0n) is 8.61. The number of halogens is 1. The molecule has 1 saturated carbocycles. The molecule has 0 unspecified atom stereocenters. The molecular formula is C10H13FN2O2S. The molecule has 2 rings (SSSR count). The SMILES string of the molecule is NCc1cc(S(=O)(=O)NC2CC2)ccc1F. The molecule has 1 aliphatic rings. The third kappa shape index (κ3) is 2.40. The van der Waals surface area contributed by atoms with E-state index in [1.807, 2.05) is 0 Å². The summed E-state index contributed by atoms with van der Waals surface area (Å²) in [5, 5.41) is 0. The highest BCUT2D eigenvalue weighted by Crippen LogP contribution is 2.22. The van der Waals surface area contributed by atoms with Crippen molar-refractivity contribution in [3.8, 4) is 0 Å². The van der Waals surface area contributed by atoms with Gasteiger partial charge in [0.1, 0.15) is 5.82 Å². The number of hydrogen-bond acceptors (Lipinski definition) is 3. The Morgan fingerprint density at radius 3 is 2.69 bits per heavy atom. The van der Waals surface area contributed by atoms with E-state index in [4.69, 9.17) is 5.73 Å². The standard InChI is InChI=1S/C10H13FN2O2S/c11-10-4-3-9(5-7(10)6-12)16(14,15)13-8-1-2-8/h3-5,8,13H,1-2,6,12H2. The highest BCUT2D eigenvalue weighted by Gasteiger charge is 2.28. The number of hydrogen-bond donors (Lipinski definition) is 2. The third-order valence-corrected chi connectivity index (χ3v) is 3.96. The molecule has 0 aromatic heterocycles. The van der Waals surface area contributed by atoms with Gasteiger partial charge in [-0.15, -0.1) is 0 Å². The van der Waals surface area contributed by atoms with Crippen molar-refractivity contribution in [1.82, 2.24) is 4.72 Å². The fraction of sp³-hybridized carbons (Fsp3) is 0.400. The first kappa shape index (κ1) is 11.5. The van der Waals surface area contributed by atoms with Crippen molar-refractivity contribution in [3.63, 3.8) is 0 Å². The van der Waals surface area contributed by atoms with Gasteiger partial charge in [0, 0.05) is 18.2 Å². The second-order valence-electron chi connectivity index (χ2n) is 3.85. The minimum atomic E-state index is -3.52. The van der Waals surface area contributed by atoms with Gasteiger partial charge in [0.2, 0.25) is 10.0 Å². The van der Waals surface area contributed by atoms with Crippen LogP contribution in [0.1, 0.15) is 18.4 Å². The fourth-order valence-corrected chi connectivity index (χ4v) is 2.72. The van der Waals surface area contributed by atoms with Gasteiger partial charge in [-0.3, -0.25) is 0 Å². The van der Waals surface area contributed by atoms with E-state index in [0.717, 1.165) is 18.9 Å². The number of nitrogens with two attached hydrogens (primary N) is 1. The predicted molar refractivity (Wildman–Crippen MR) is 57.6 cm³/mol. The van der Waals surface area contributed by atoms with E-state index in [9.17, 15) is 12.8 Å². The Hall–Kier alpha value is -0.980. The maximum Gasteiger partial charge on any atom is 0.240 e. The molecule has 0 saturated heterocycles. The molecule has 16 heavy (non-hydrogen) atoms. The lowest BCUT2D eigenvalue weighted by atomic mass is 10.2. The zero-order chi connectivity index (χ0) is 11.8. The van der Waals surface area contributed by atoms with E-state index in [2.05, 4.69) is 4.72 Å².